The molecular formula is C13H16BrF3N2O. The number of hydrogen-bond donors (Lipinski definition) is 2. The van der Waals surface area contributed by atoms with Gasteiger partial charge in [-0.15, -0.1) is 0 Å². The van der Waals surface area contributed by atoms with Crippen molar-refractivity contribution in [3.05, 3.63) is 34.3 Å². The van der Waals surface area contributed by atoms with Crippen molar-refractivity contribution >= 4 is 21.8 Å². The summed E-state index contributed by atoms with van der Waals surface area (Å²) in [5.74, 6) is -1.24. The molecule has 112 valence electrons. The Hall–Kier alpha value is -1.08. The first-order chi connectivity index (χ1) is 9.09. The molecule has 0 aliphatic heterocycles. The van der Waals surface area contributed by atoms with Gasteiger partial charge in [-0.1, -0.05) is 35.0 Å². The molecule has 0 aromatic heterocycles. The molecular weight excluding hydrogens is 337 g/mol. The molecule has 0 heterocycles. The highest BCUT2D eigenvalue weighted by atomic mass is 79.9. The quantitative estimate of drug-likeness (QED) is 0.873. The minimum Gasteiger partial charge on any atom is -0.347 e. The maximum Gasteiger partial charge on any atom is 0.415 e. The van der Waals surface area contributed by atoms with E-state index in [0.717, 1.165) is 10.0 Å². The van der Waals surface area contributed by atoms with Crippen LogP contribution in [0.25, 0.3) is 0 Å². The second kappa shape index (κ2) is 6.13. The standard InChI is InChI=1S/C13H16BrF3N2O/c1-3-10(8-4-6-9(14)7-5-8)19-11(20)12(2,18)13(15,16)17/h4-7,10H,3,18H2,1-2H3,(H,19,20). The molecule has 2 atom stereocenters. The minimum atomic E-state index is -4.80. The second-order valence-electron chi connectivity index (χ2n) is 4.69. The van der Waals surface area contributed by atoms with Crippen molar-refractivity contribution in [2.75, 3.05) is 0 Å². The summed E-state index contributed by atoms with van der Waals surface area (Å²) in [5.41, 5.74) is 2.92. The summed E-state index contributed by atoms with van der Waals surface area (Å²) in [4.78, 5) is 11.8. The number of hydrogen-bond acceptors (Lipinski definition) is 2. The first kappa shape index (κ1) is 17.0. The van der Waals surface area contributed by atoms with Crippen LogP contribution >= 0.6 is 15.9 Å². The summed E-state index contributed by atoms with van der Waals surface area (Å²) in [7, 11) is 0. The Bertz CT molecular complexity index is 471. The van der Waals surface area contributed by atoms with Gasteiger partial charge in [0.2, 0.25) is 5.91 Å². The van der Waals surface area contributed by atoms with Crippen LogP contribution < -0.4 is 11.1 Å². The summed E-state index contributed by atoms with van der Waals surface area (Å²) in [6.07, 6.45) is -4.34. The fourth-order valence-corrected chi connectivity index (χ4v) is 1.82. The van der Waals surface area contributed by atoms with Gasteiger partial charge in [0, 0.05) is 4.47 Å². The van der Waals surface area contributed by atoms with Gasteiger partial charge in [-0.2, -0.15) is 13.2 Å². The lowest BCUT2D eigenvalue weighted by Crippen LogP contribution is -2.61. The number of halogens is 4. The van der Waals surface area contributed by atoms with Gasteiger partial charge in [-0.3, -0.25) is 4.79 Å². The highest BCUT2D eigenvalue weighted by molar-refractivity contribution is 9.10. The third-order valence-electron chi connectivity index (χ3n) is 3.05. The topological polar surface area (TPSA) is 55.1 Å². The molecule has 3 N–H and O–H groups in total. The monoisotopic (exact) mass is 352 g/mol. The Labute approximate surface area is 123 Å². The summed E-state index contributed by atoms with van der Waals surface area (Å²) in [6.45, 7) is 2.44. The second-order valence-corrected chi connectivity index (χ2v) is 5.60. The predicted octanol–water partition coefficient (Wildman–Crippen LogP) is 3.30. The van der Waals surface area contributed by atoms with Crippen molar-refractivity contribution < 1.29 is 18.0 Å². The summed E-state index contributed by atoms with van der Waals surface area (Å²) in [6, 6.07) is 6.48. The smallest absolute Gasteiger partial charge is 0.347 e. The van der Waals surface area contributed by atoms with Gasteiger partial charge < -0.3 is 11.1 Å². The van der Waals surface area contributed by atoms with E-state index in [1.165, 1.54) is 0 Å². The number of alkyl halides is 3. The van der Waals surface area contributed by atoms with Crippen LogP contribution in [-0.4, -0.2) is 17.6 Å². The van der Waals surface area contributed by atoms with E-state index < -0.39 is 23.7 Å². The zero-order chi connectivity index (χ0) is 15.6. The lowest BCUT2D eigenvalue weighted by atomic mass is 9.99. The van der Waals surface area contributed by atoms with E-state index in [1.54, 1.807) is 31.2 Å². The average Bonchev–Trinajstić information content (AvgIpc) is 2.35. The Morgan fingerprint density at radius 2 is 1.85 bits per heavy atom. The van der Waals surface area contributed by atoms with Crippen molar-refractivity contribution in [2.24, 2.45) is 5.73 Å². The first-order valence-electron chi connectivity index (χ1n) is 6.01. The normalized spacial score (nSPS) is 16.4. The molecule has 0 saturated carbocycles. The van der Waals surface area contributed by atoms with Gasteiger partial charge in [0.25, 0.3) is 0 Å². The fourth-order valence-electron chi connectivity index (χ4n) is 1.55. The molecule has 1 aromatic rings. The van der Waals surface area contributed by atoms with Crippen LogP contribution in [0.5, 0.6) is 0 Å². The zero-order valence-electron chi connectivity index (χ0n) is 11.1. The third-order valence-corrected chi connectivity index (χ3v) is 3.58. The van der Waals surface area contributed by atoms with Crippen LogP contribution in [0.15, 0.2) is 28.7 Å². The number of nitrogens with one attached hydrogen (secondary N) is 1. The number of amides is 1. The van der Waals surface area contributed by atoms with Crippen LogP contribution in [0.2, 0.25) is 0 Å². The lowest BCUT2D eigenvalue weighted by Gasteiger charge is -2.29. The highest BCUT2D eigenvalue weighted by Gasteiger charge is 2.54. The molecule has 1 amide bonds. The molecule has 0 bridgehead atoms. The zero-order valence-corrected chi connectivity index (χ0v) is 12.7. The predicted molar refractivity (Wildman–Crippen MR) is 74.0 cm³/mol. The molecule has 20 heavy (non-hydrogen) atoms. The molecule has 2 unspecified atom stereocenters. The number of rotatable bonds is 4. The van der Waals surface area contributed by atoms with E-state index in [1.807, 2.05) is 0 Å². The van der Waals surface area contributed by atoms with E-state index in [-0.39, 0.29) is 0 Å². The molecule has 0 radical (unpaired) electrons. The number of carbonyl (C=O) groups is 1. The Morgan fingerprint density at radius 3 is 2.25 bits per heavy atom. The minimum absolute atomic E-state index is 0.460. The lowest BCUT2D eigenvalue weighted by molar-refractivity contribution is -0.187. The summed E-state index contributed by atoms with van der Waals surface area (Å²) >= 11 is 3.27. The van der Waals surface area contributed by atoms with Crippen molar-refractivity contribution in [3.63, 3.8) is 0 Å². The van der Waals surface area contributed by atoms with E-state index in [9.17, 15) is 18.0 Å². The third kappa shape index (κ3) is 3.73. The molecule has 0 saturated heterocycles. The van der Waals surface area contributed by atoms with Gasteiger partial charge in [0.05, 0.1) is 6.04 Å². The molecule has 0 aliphatic carbocycles. The van der Waals surface area contributed by atoms with Crippen molar-refractivity contribution in [1.29, 1.82) is 0 Å². The first-order valence-corrected chi connectivity index (χ1v) is 6.81. The van der Waals surface area contributed by atoms with Crippen LogP contribution in [0.3, 0.4) is 0 Å². The molecule has 3 nitrogen and oxygen atoms in total. The highest BCUT2D eigenvalue weighted by Crippen LogP contribution is 2.29. The molecule has 1 aromatic carbocycles. The molecule has 1 rings (SSSR count). The SMILES string of the molecule is CCC(NC(=O)C(C)(N)C(F)(F)F)c1ccc(Br)cc1. The molecule has 0 aliphatic rings. The largest absolute Gasteiger partial charge is 0.415 e. The molecule has 7 heteroatoms. The van der Waals surface area contributed by atoms with Gasteiger partial charge in [-0.05, 0) is 31.0 Å². The van der Waals surface area contributed by atoms with Gasteiger partial charge in [-0.25, -0.2) is 0 Å². The maximum atomic E-state index is 12.7. The van der Waals surface area contributed by atoms with Crippen molar-refractivity contribution in [3.8, 4) is 0 Å². The Balaban J connectivity index is 2.89. The fraction of sp³-hybridized carbons (Fsp3) is 0.462. The maximum absolute atomic E-state index is 12.7. The van der Waals surface area contributed by atoms with Crippen molar-refractivity contribution in [1.82, 2.24) is 5.32 Å². The van der Waals surface area contributed by atoms with Crippen LogP contribution in [0.1, 0.15) is 31.9 Å². The number of benzene rings is 1. The molecule has 0 spiro atoms. The van der Waals surface area contributed by atoms with E-state index in [4.69, 9.17) is 5.73 Å². The number of nitrogens with two attached hydrogens (primary N) is 1. The van der Waals surface area contributed by atoms with Gasteiger partial charge in [0.1, 0.15) is 0 Å². The van der Waals surface area contributed by atoms with Crippen LogP contribution in [0, 0.1) is 0 Å². The van der Waals surface area contributed by atoms with E-state index >= 15 is 0 Å². The summed E-state index contributed by atoms with van der Waals surface area (Å²) in [5, 5.41) is 2.35. The van der Waals surface area contributed by atoms with Crippen molar-refractivity contribution in [2.45, 2.75) is 38.0 Å². The van der Waals surface area contributed by atoms with Gasteiger partial charge >= 0.3 is 6.18 Å². The average molecular weight is 353 g/mol. The Kier molecular flexibility index (Phi) is 5.21. The van der Waals surface area contributed by atoms with E-state index in [2.05, 4.69) is 21.2 Å². The Morgan fingerprint density at radius 1 is 1.35 bits per heavy atom. The number of carbonyl (C=O) groups excluding carboxylic acids is 1. The molecule has 0 fully saturated rings. The van der Waals surface area contributed by atoms with Crippen LogP contribution in [0.4, 0.5) is 13.2 Å². The van der Waals surface area contributed by atoms with Gasteiger partial charge in [0.15, 0.2) is 5.54 Å². The van der Waals surface area contributed by atoms with E-state index in [0.29, 0.717) is 13.3 Å². The van der Waals surface area contributed by atoms with Crippen LogP contribution in [-0.2, 0) is 4.79 Å². The summed E-state index contributed by atoms with van der Waals surface area (Å²) < 4.78 is 39.0.